The van der Waals surface area contributed by atoms with Crippen LogP contribution in [0.25, 0.3) is 0 Å². The lowest BCUT2D eigenvalue weighted by atomic mass is 10.1. The van der Waals surface area contributed by atoms with Crippen LogP contribution in [0.15, 0.2) is 10.6 Å². The Morgan fingerprint density at radius 2 is 2.12 bits per heavy atom. The number of amides is 2. The zero-order chi connectivity index (χ0) is 17.0. The van der Waals surface area contributed by atoms with E-state index >= 15 is 0 Å². The summed E-state index contributed by atoms with van der Waals surface area (Å²) in [7, 11) is 0. The molecule has 3 heterocycles. The van der Waals surface area contributed by atoms with E-state index in [0.29, 0.717) is 36.3 Å². The molecule has 0 bridgehead atoms. The highest BCUT2D eigenvalue weighted by atomic mass is 32.1. The van der Waals surface area contributed by atoms with Gasteiger partial charge in [-0.2, -0.15) is 0 Å². The summed E-state index contributed by atoms with van der Waals surface area (Å²) in [6.07, 6.45) is 4.88. The van der Waals surface area contributed by atoms with Gasteiger partial charge in [0.2, 0.25) is 5.91 Å². The van der Waals surface area contributed by atoms with Crippen LogP contribution in [-0.2, 0) is 17.8 Å². The van der Waals surface area contributed by atoms with Gasteiger partial charge in [-0.25, -0.2) is 4.98 Å². The monoisotopic (exact) mass is 358 g/mol. The van der Waals surface area contributed by atoms with Crippen LogP contribution in [0.5, 0.6) is 0 Å². The van der Waals surface area contributed by atoms with Gasteiger partial charge >= 0.3 is 0 Å². The molecule has 2 aromatic rings. The maximum Gasteiger partial charge on any atom is 0.276 e. The van der Waals surface area contributed by atoms with Crippen LogP contribution in [0.3, 0.4) is 0 Å². The third-order valence-corrected chi connectivity index (χ3v) is 5.92. The highest BCUT2D eigenvalue weighted by Gasteiger charge is 2.33. The summed E-state index contributed by atoms with van der Waals surface area (Å²) in [5, 5.41) is 7.49. The van der Waals surface area contributed by atoms with Crippen LogP contribution in [0.4, 0.5) is 5.13 Å². The molecule has 0 aromatic carbocycles. The molecular weight excluding hydrogens is 340 g/mol. The molecule has 0 radical (unpaired) electrons. The number of aromatic nitrogens is 2. The van der Waals surface area contributed by atoms with Crippen molar-refractivity contribution in [1.82, 2.24) is 15.0 Å². The molecule has 8 heteroatoms. The summed E-state index contributed by atoms with van der Waals surface area (Å²) in [6, 6.07) is 1.78. The first-order valence-corrected chi connectivity index (χ1v) is 9.54. The van der Waals surface area contributed by atoms with E-state index in [0.717, 1.165) is 42.0 Å². The van der Waals surface area contributed by atoms with Crippen molar-refractivity contribution in [1.29, 1.82) is 0 Å². The van der Waals surface area contributed by atoms with Gasteiger partial charge in [-0.15, -0.1) is 0 Å². The molecule has 0 atom stereocenters. The Kier molecular flexibility index (Phi) is 3.41. The van der Waals surface area contributed by atoms with E-state index < -0.39 is 0 Å². The molecule has 0 spiro atoms. The molecule has 2 fully saturated rings. The normalized spacial score (nSPS) is 19.6. The number of fused-ring (bicyclic) bond motifs is 1. The van der Waals surface area contributed by atoms with Crippen molar-refractivity contribution in [2.24, 2.45) is 5.92 Å². The standard InChI is InChI=1S/C17H18N4O3S/c22-15(10-3-4-10)19-17-18-11-5-6-21(8-14(11)25-17)16(23)12-7-13(24-20-12)9-1-2-9/h7,9-10H,1-6,8H2,(H,18,19,22). The number of thiazole rings is 1. The lowest BCUT2D eigenvalue weighted by Crippen LogP contribution is -2.35. The van der Waals surface area contributed by atoms with E-state index in [1.165, 1.54) is 11.3 Å². The maximum absolute atomic E-state index is 12.7. The van der Waals surface area contributed by atoms with Crippen molar-refractivity contribution in [3.8, 4) is 0 Å². The summed E-state index contributed by atoms with van der Waals surface area (Å²) in [5.41, 5.74) is 1.37. The topological polar surface area (TPSA) is 88.3 Å². The van der Waals surface area contributed by atoms with Crippen molar-refractivity contribution in [3.63, 3.8) is 0 Å². The summed E-state index contributed by atoms with van der Waals surface area (Å²) in [5.74, 6) is 1.39. The number of hydrogen-bond acceptors (Lipinski definition) is 6. The van der Waals surface area contributed by atoms with Gasteiger partial charge < -0.3 is 14.7 Å². The van der Waals surface area contributed by atoms with E-state index in [-0.39, 0.29) is 17.7 Å². The zero-order valence-corrected chi connectivity index (χ0v) is 14.5. The molecule has 1 aliphatic heterocycles. The average Bonchev–Trinajstić information content (AvgIpc) is 3.54. The molecule has 7 nitrogen and oxygen atoms in total. The first-order valence-electron chi connectivity index (χ1n) is 8.72. The van der Waals surface area contributed by atoms with E-state index in [1.807, 2.05) is 0 Å². The highest BCUT2D eigenvalue weighted by molar-refractivity contribution is 7.15. The number of hydrogen-bond donors (Lipinski definition) is 1. The summed E-state index contributed by atoms with van der Waals surface area (Å²) in [4.78, 5) is 31.9. The van der Waals surface area contributed by atoms with E-state index in [2.05, 4.69) is 15.5 Å². The van der Waals surface area contributed by atoms with E-state index in [1.54, 1.807) is 11.0 Å². The first kappa shape index (κ1) is 15.1. The van der Waals surface area contributed by atoms with Gasteiger partial charge in [-0.1, -0.05) is 16.5 Å². The SMILES string of the molecule is O=C(Nc1nc2c(s1)CN(C(=O)c1cc(C3CC3)on1)CC2)C1CC1. The van der Waals surface area contributed by atoms with E-state index in [9.17, 15) is 9.59 Å². The third-order valence-electron chi connectivity index (χ3n) is 4.92. The Morgan fingerprint density at radius 3 is 2.88 bits per heavy atom. The molecule has 2 amide bonds. The van der Waals surface area contributed by atoms with Crippen LogP contribution < -0.4 is 5.32 Å². The lowest BCUT2D eigenvalue weighted by Gasteiger charge is -2.25. The molecule has 0 saturated heterocycles. The Bertz CT molecular complexity index is 850. The number of nitrogens with zero attached hydrogens (tertiary/aromatic N) is 3. The largest absolute Gasteiger partial charge is 0.360 e. The quantitative estimate of drug-likeness (QED) is 0.907. The Labute approximate surface area is 148 Å². The number of rotatable bonds is 4. The van der Waals surface area contributed by atoms with Crippen molar-refractivity contribution < 1.29 is 14.1 Å². The minimum Gasteiger partial charge on any atom is -0.360 e. The molecule has 0 unspecified atom stereocenters. The van der Waals surface area contributed by atoms with Crippen molar-refractivity contribution in [3.05, 3.63) is 28.1 Å². The van der Waals surface area contributed by atoms with Crippen molar-refractivity contribution >= 4 is 28.3 Å². The lowest BCUT2D eigenvalue weighted by molar-refractivity contribution is -0.117. The Balaban J connectivity index is 1.28. The van der Waals surface area contributed by atoms with Gasteiger partial charge in [0, 0.05) is 35.7 Å². The Morgan fingerprint density at radius 1 is 1.28 bits per heavy atom. The van der Waals surface area contributed by atoms with Gasteiger partial charge in [0.1, 0.15) is 5.76 Å². The highest BCUT2D eigenvalue weighted by Crippen LogP contribution is 2.40. The number of anilines is 1. The summed E-state index contributed by atoms with van der Waals surface area (Å²) in [6.45, 7) is 1.12. The average molecular weight is 358 g/mol. The van der Waals surface area contributed by atoms with Crippen molar-refractivity contribution in [2.45, 2.75) is 44.6 Å². The number of carbonyl (C=O) groups is 2. The molecule has 130 valence electrons. The molecule has 2 aromatic heterocycles. The predicted molar refractivity (Wildman–Crippen MR) is 90.4 cm³/mol. The van der Waals surface area contributed by atoms with E-state index in [4.69, 9.17) is 4.52 Å². The number of nitrogens with one attached hydrogen (secondary N) is 1. The fraction of sp³-hybridized carbons (Fsp3) is 0.529. The van der Waals surface area contributed by atoms with Gasteiger partial charge in [-0.3, -0.25) is 9.59 Å². The summed E-state index contributed by atoms with van der Waals surface area (Å²) < 4.78 is 5.29. The number of carbonyl (C=O) groups excluding carboxylic acids is 2. The first-order chi connectivity index (χ1) is 12.2. The van der Waals surface area contributed by atoms with Crippen LogP contribution in [0, 0.1) is 5.92 Å². The third kappa shape index (κ3) is 2.95. The Hall–Kier alpha value is -2.22. The van der Waals surface area contributed by atoms with Gasteiger partial charge in [0.25, 0.3) is 5.91 Å². The van der Waals surface area contributed by atoms with Gasteiger partial charge in [-0.05, 0) is 25.7 Å². The molecule has 2 saturated carbocycles. The molecule has 3 aliphatic rings. The molecular formula is C17H18N4O3S. The maximum atomic E-state index is 12.7. The second-order valence-corrected chi connectivity index (χ2v) is 8.10. The molecule has 2 aliphatic carbocycles. The van der Waals surface area contributed by atoms with Crippen molar-refractivity contribution in [2.75, 3.05) is 11.9 Å². The van der Waals surface area contributed by atoms with Crippen LogP contribution >= 0.6 is 11.3 Å². The minimum absolute atomic E-state index is 0.0641. The van der Waals surface area contributed by atoms with Gasteiger partial charge in [0.05, 0.1) is 12.2 Å². The second-order valence-electron chi connectivity index (χ2n) is 7.02. The van der Waals surface area contributed by atoms with Crippen LogP contribution in [-0.4, -0.2) is 33.4 Å². The minimum atomic E-state index is -0.0988. The molecule has 25 heavy (non-hydrogen) atoms. The summed E-state index contributed by atoms with van der Waals surface area (Å²) >= 11 is 1.46. The fourth-order valence-electron chi connectivity index (χ4n) is 3.09. The van der Waals surface area contributed by atoms with Gasteiger partial charge in [0.15, 0.2) is 10.8 Å². The van der Waals surface area contributed by atoms with Crippen LogP contribution in [0.1, 0.15) is 58.4 Å². The van der Waals surface area contributed by atoms with Crippen LogP contribution in [0.2, 0.25) is 0 Å². The fourth-order valence-corrected chi connectivity index (χ4v) is 4.11. The molecule has 5 rings (SSSR count). The molecule has 1 N–H and O–H groups in total. The predicted octanol–water partition coefficient (Wildman–Crippen LogP) is 2.56. The zero-order valence-electron chi connectivity index (χ0n) is 13.7. The second kappa shape index (κ2) is 5.66. The smallest absolute Gasteiger partial charge is 0.276 e.